The van der Waals surface area contributed by atoms with Crippen molar-refractivity contribution in [2.24, 2.45) is 0 Å². The molecule has 12 heteroatoms. The molecule has 0 unspecified atom stereocenters. The molecule has 1 saturated heterocycles. The molecule has 0 aromatic heterocycles. The van der Waals surface area contributed by atoms with Gasteiger partial charge in [0.15, 0.2) is 11.5 Å². The van der Waals surface area contributed by atoms with Crippen molar-refractivity contribution >= 4 is 33.6 Å². The number of hydrogen-bond donors (Lipinski definition) is 3. The van der Waals surface area contributed by atoms with Gasteiger partial charge in [0.05, 0.1) is 14.2 Å². The molecule has 39 heavy (non-hydrogen) atoms. The predicted octanol–water partition coefficient (Wildman–Crippen LogP) is 5.72. The van der Waals surface area contributed by atoms with Crippen molar-refractivity contribution < 1.29 is 37.3 Å². The second kappa shape index (κ2) is 12.5. The van der Waals surface area contributed by atoms with Crippen molar-refractivity contribution in [2.45, 2.75) is 56.3 Å². The first-order valence-corrected chi connectivity index (χ1v) is 13.2. The monoisotopic (exact) mass is 615 g/mol. The topological polar surface area (TPSA) is 100 Å². The van der Waals surface area contributed by atoms with Gasteiger partial charge in [-0.05, 0) is 87.7 Å². The number of rotatable bonds is 5. The number of methoxy groups -OCH3 is 2. The molecule has 8 nitrogen and oxygen atoms in total. The van der Waals surface area contributed by atoms with Crippen LogP contribution in [0.2, 0.25) is 0 Å². The average molecular weight is 616 g/mol. The number of carbonyl (C=O) groups is 2. The molecule has 3 N–H and O–H groups in total. The normalized spacial score (nSPS) is 22.7. The number of amides is 2. The third-order valence-corrected chi connectivity index (χ3v) is 8.37. The van der Waals surface area contributed by atoms with E-state index in [1.54, 1.807) is 14.2 Å². The molecule has 4 rings (SSSR count). The van der Waals surface area contributed by atoms with E-state index in [2.05, 4.69) is 50.6 Å². The van der Waals surface area contributed by atoms with Crippen molar-refractivity contribution in [3.8, 4) is 11.5 Å². The van der Waals surface area contributed by atoms with Crippen LogP contribution in [0.5, 0.6) is 11.5 Å². The van der Waals surface area contributed by atoms with Gasteiger partial charge in [0.25, 0.3) is 0 Å². The van der Waals surface area contributed by atoms with Gasteiger partial charge in [-0.2, -0.15) is 13.2 Å². The zero-order valence-electron chi connectivity index (χ0n) is 22.2. The first-order chi connectivity index (χ1) is 18.3. The fourth-order valence-corrected chi connectivity index (χ4v) is 5.72. The van der Waals surface area contributed by atoms with E-state index in [-0.39, 0.29) is 17.5 Å². The number of hydrogen-bond acceptors (Lipinski definition) is 5. The maximum Gasteiger partial charge on any atom is 0.490 e. The zero-order valence-corrected chi connectivity index (χ0v) is 23.8. The molecule has 3 atom stereocenters. The largest absolute Gasteiger partial charge is 0.493 e. The average Bonchev–Trinajstić information content (AvgIpc) is 3.22. The highest BCUT2D eigenvalue weighted by Crippen LogP contribution is 2.49. The number of likely N-dealkylation sites (tertiary alicyclic amines) is 1. The van der Waals surface area contributed by atoms with Crippen LogP contribution in [0, 0.1) is 6.92 Å². The van der Waals surface area contributed by atoms with E-state index in [9.17, 15) is 18.0 Å². The van der Waals surface area contributed by atoms with Crippen molar-refractivity contribution in [2.75, 3.05) is 33.1 Å². The number of carboxylic acid groups (broad SMARTS) is 1. The number of anilines is 1. The Morgan fingerprint density at radius 2 is 1.77 bits per heavy atom. The third kappa shape index (κ3) is 7.16. The van der Waals surface area contributed by atoms with E-state index in [1.165, 1.54) is 5.56 Å². The molecule has 1 heterocycles. The molecule has 2 fully saturated rings. The molecule has 1 saturated carbocycles. The molecular weight excluding hydrogens is 583 g/mol. The highest BCUT2D eigenvalue weighted by Gasteiger charge is 2.50. The van der Waals surface area contributed by atoms with Gasteiger partial charge in [0.1, 0.15) is 0 Å². The minimum absolute atomic E-state index is 0.0752. The van der Waals surface area contributed by atoms with E-state index in [4.69, 9.17) is 19.4 Å². The SMILES string of the molecule is COc1ccc([C@@]23CC[C@@H](NC(=O)Nc4ccc(Br)c(C)c4)C[C@@H]2N(C)CC3)cc1OC.O=C(O)C(F)(F)F. The van der Waals surface area contributed by atoms with Crippen molar-refractivity contribution in [3.63, 3.8) is 0 Å². The highest BCUT2D eigenvalue weighted by atomic mass is 79.9. The molecule has 214 valence electrons. The summed E-state index contributed by atoms with van der Waals surface area (Å²) < 4.78 is 43.8. The number of likely N-dealkylation sites (N-methyl/N-ethyl adjacent to an activating group) is 1. The number of aryl methyl sites for hydroxylation is 1. The number of halogens is 4. The highest BCUT2D eigenvalue weighted by molar-refractivity contribution is 9.10. The second-order valence-corrected chi connectivity index (χ2v) is 10.7. The molecule has 1 aliphatic heterocycles. The summed E-state index contributed by atoms with van der Waals surface area (Å²) in [7, 11) is 5.55. The summed E-state index contributed by atoms with van der Waals surface area (Å²) in [6.45, 7) is 3.06. The first-order valence-electron chi connectivity index (χ1n) is 12.4. The lowest BCUT2D eigenvalue weighted by Crippen LogP contribution is -2.52. The predicted molar refractivity (Wildman–Crippen MR) is 145 cm³/mol. The molecule has 0 spiro atoms. The summed E-state index contributed by atoms with van der Waals surface area (Å²) in [4.78, 5) is 24.0. The van der Waals surface area contributed by atoms with Crippen LogP contribution in [0.15, 0.2) is 40.9 Å². The van der Waals surface area contributed by atoms with E-state index >= 15 is 0 Å². The van der Waals surface area contributed by atoms with Crippen LogP contribution in [-0.2, 0) is 10.2 Å². The molecule has 0 bridgehead atoms. The quantitative estimate of drug-likeness (QED) is 0.398. The number of alkyl halides is 3. The lowest BCUT2D eigenvalue weighted by molar-refractivity contribution is -0.192. The maximum atomic E-state index is 12.7. The van der Waals surface area contributed by atoms with E-state index in [1.807, 2.05) is 31.2 Å². The van der Waals surface area contributed by atoms with Crippen molar-refractivity contribution in [3.05, 3.63) is 52.0 Å². The Labute approximate surface area is 234 Å². The van der Waals surface area contributed by atoms with Gasteiger partial charge in [-0.1, -0.05) is 22.0 Å². The van der Waals surface area contributed by atoms with E-state index < -0.39 is 12.1 Å². The summed E-state index contributed by atoms with van der Waals surface area (Å²) in [6, 6.07) is 12.5. The van der Waals surface area contributed by atoms with Crippen LogP contribution in [0.3, 0.4) is 0 Å². The van der Waals surface area contributed by atoms with Crippen LogP contribution in [0.25, 0.3) is 0 Å². The van der Waals surface area contributed by atoms with Crippen LogP contribution in [0.4, 0.5) is 23.7 Å². The van der Waals surface area contributed by atoms with Gasteiger partial charge in [-0.3, -0.25) is 0 Å². The maximum absolute atomic E-state index is 12.7. The number of urea groups is 1. The Morgan fingerprint density at radius 1 is 1.10 bits per heavy atom. The van der Waals surface area contributed by atoms with Crippen molar-refractivity contribution in [1.82, 2.24) is 10.2 Å². The molecular formula is C27H33BrF3N3O5. The smallest absolute Gasteiger partial charge is 0.490 e. The Hall–Kier alpha value is -2.99. The fourth-order valence-electron chi connectivity index (χ4n) is 5.47. The summed E-state index contributed by atoms with van der Waals surface area (Å²) >= 11 is 3.50. The molecule has 2 amide bonds. The fraction of sp³-hybridized carbons (Fsp3) is 0.481. The number of aliphatic carboxylic acids is 1. The van der Waals surface area contributed by atoms with Crippen molar-refractivity contribution in [1.29, 1.82) is 0 Å². The van der Waals surface area contributed by atoms with Gasteiger partial charge in [0.2, 0.25) is 0 Å². The van der Waals surface area contributed by atoms with Gasteiger partial charge < -0.3 is 30.1 Å². The standard InChI is InChI=1S/C25H32BrN3O3.C2HF3O2/c1-16-13-18(6-7-20(16)26)27-24(30)28-19-9-10-25(11-12-29(2)23(25)15-19)17-5-8-21(31-3)22(14-17)32-4;3-2(4,5)1(6)7/h5-8,13-14,19,23H,9-12,15H2,1-4H3,(H2,27,28,30);(H,6,7)/t19-,23+,25+;/m1./s1. The molecule has 2 aromatic rings. The Bertz CT molecular complexity index is 1200. The van der Waals surface area contributed by atoms with Gasteiger partial charge >= 0.3 is 18.2 Å². The number of benzene rings is 2. The number of fused-ring (bicyclic) bond motifs is 1. The number of carbonyl (C=O) groups excluding carboxylic acids is 1. The Kier molecular flexibility index (Phi) is 9.76. The van der Waals surface area contributed by atoms with Gasteiger partial charge in [-0.25, -0.2) is 9.59 Å². The first kappa shape index (κ1) is 30.6. The summed E-state index contributed by atoms with van der Waals surface area (Å²) in [5, 5.41) is 13.3. The molecule has 2 aliphatic rings. The lowest BCUT2D eigenvalue weighted by atomic mass is 9.65. The summed E-state index contributed by atoms with van der Waals surface area (Å²) in [5.41, 5.74) is 3.27. The Balaban J connectivity index is 0.000000532. The minimum Gasteiger partial charge on any atom is -0.493 e. The number of nitrogens with one attached hydrogen (secondary N) is 2. The summed E-state index contributed by atoms with van der Waals surface area (Å²) in [6.07, 6.45) is -1.07. The van der Waals surface area contributed by atoms with Gasteiger partial charge in [-0.15, -0.1) is 0 Å². The number of carboxylic acids is 1. The Morgan fingerprint density at radius 3 is 2.36 bits per heavy atom. The van der Waals surface area contributed by atoms with Crippen LogP contribution >= 0.6 is 15.9 Å². The lowest BCUT2D eigenvalue weighted by Gasteiger charge is -2.45. The van der Waals surface area contributed by atoms with E-state index in [0.717, 1.165) is 59.5 Å². The van der Waals surface area contributed by atoms with Crippen LogP contribution in [0.1, 0.15) is 36.8 Å². The van der Waals surface area contributed by atoms with E-state index in [0.29, 0.717) is 6.04 Å². The zero-order chi connectivity index (χ0) is 29.0. The van der Waals surface area contributed by atoms with Crippen LogP contribution in [-0.4, -0.2) is 68.1 Å². The molecule has 2 aromatic carbocycles. The number of ether oxygens (including phenoxy) is 2. The summed E-state index contributed by atoms with van der Waals surface area (Å²) in [5.74, 6) is -1.23. The minimum atomic E-state index is -5.08. The number of nitrogens with zero attached hydrogens (tertiary/aromatic N) is 1. The third-order valence-electron chi connectivity index (χ3n) is 7.48. The molecule has 0 radical (unpaired) electrons. The van der Waals surface area contributed by atoms with Gasteiger partial charge in [0, 0.05) is 27.7 Å². The van der Waals surface area contributed by atoms with Crippen LogP contribution < -0.4 is 20.1 Å². The molecule has 1 aliphatic carbocycles. The second-order valence-electron chi connectivity index (χ2n) is 9.81.